The van der Waals surface area contributed by atoms with E-state index in [0.29, 0.717) is 58.4 Å². The summed E-state index contributed by atoms with van der Waals surface area (Å²) in [5.41, 5.74) is 5.93. The third-order valence-corrected chi connectivity index (χ3v) is 8.95. The van der Waals surface area contributed by atoms with Crippen molar-refractivity contribution in [3.8, 4) is 0 Å². The van der Waals surface area contributed by atoms with E-state index in [1.54, 1.807) is 46.2 Å². The van der Waals surface area contributed by atoms with Gasteiger partial charge in [0.1, 0.15) is 0 Å². The predicted octanol–water partition coefficient (Wildman–Crippen LogP) is 3.93. The Kier molecular flexibility index (Phi) is 9.87. The van der Waals surface area contributed by atoms with Crippen molar-refractivity contribution in [1.29, 1.82) is 0 Å². The normalized spacial score (nSPS) is 21.9. The van der Waals surface area contributed by atoms with Crippen molar-refractivity contribution in [1.82, 2.24) is 14.7 Å². The van der Waals surface area contributed by atoms with Gasteiger partial charge < -0.3 is 26.0 Å². The van der Waals surface area contributed by atoms with E-state index >= 15 is 0 Å². The number of aliphatic hydroxyl groups is 1. The summed E-state index contributed by atoms with van der Waals surface area (Å²) in [5.74, 6) is -0.479. The maximum atomic E-state index is 13.1. The minimum Gasteiger partial charge on any atom is -0.380 e. The van der Waals surface area contributed by atoms with Gasteiger partial charge in [0, 0.05) is 62.1 Å². The zero-order chi connectivity index (χ0) is 27.9. The van der Waals surface area contributed by atoms with Crippen molar-refractivity contribution in [3.63, 3.8) is 0 Å². The quantitative estimate of drug-likeness (QED) is 0.448. The highest BCUT2D eigenvalue weighted by Crippen LogP contribution is 2.33. The van der Waals surface area contributed by atoms with Crippen LogP contribution in [0, 0.1) is 0 Å². The first-order valence-electron chi connectivity index (χ1n) is 13.3. The van der Waals surface area contributed by atoms with E-state index in [1.165, 1.54) is 6.92 Å². The topological polar surface area (TPSA) is 102 Å². The van der Waals surface area contributed by atoms with E-state index in [4.69, 9.17) is 40.5 Å². The third kappa shape index (κ3) is 6.51. The summed E-state index contributed by atoms with van der Waals surface area (Å²) >= 11 is 19.0. The molecule has 12 heteroatoms. The van der Waals surface area contributed by atoms with E-state index in [0.717, 1.165) is 38.0 Å². The second-order valence-electron chi connectivity index (χ2n) is 11.0. The molecule has 3 aliphatic rings. The molecule has 5 rings (SSSR count). The summed E-state index contributed by atoms with van der Waals surface area (Å²) in [6.07, 6.45) is 2.47. The fourth-order valence-electron chi connectivity index (χ4n) is 5.79. The maximum Gasteiger partial charge on any atom is 0.258 e. The van der Waals surface area contributed by atoms with Crippen LogP contribution in [0.25, 0.3) is 0 Å². The molecule has 2 atom stereocenters. The summed E-state index contributed by atoms with van der Waals surface area (Å²) in [6, 6.07) is 10.9. The molecule has 1 unspecified atom stereocenters. The van der Waals surface area contributed by atoms with E-state index < -0.39 is 5.60 Å². The molecule has 3 heterocycles. The number of rotatable bonds is 6. The number of carbonyl (C=O) groups excluding carboxylic acids is 2. The number of halogens is 3. The molecule has 0 saturated carbocycles. The van der Waals surface area contributed by atoms with Gasteiger partial charge in [0.2, 0.25) is 0 Å². The van der Waals surface area contributed by atoms with Gasteiger partial charge in [-0.15, -0.1) is 0 Å². The monoisotopic (exact) mass is 627 g/mol. The summed E-state index contributed by atoms with van der Waals surface area (Å²) in [7, 11) is 0. The number of benzene rings is 2. The zero-order valence-corrected chi connectivity index (χ0v) is 25.6. The number of likely N-dealkylation sites (tertiary alicyclic amines) is 3. The second-order valence-corrected chi connectivity index (χ2v) is 12.3. The van der Waals surface area contributed by atoms with Gasteiger partial charge in [0.05, 0.1) is 21.7 Å². The Morgan fingerprint density at radius 1 is 0.975 bits per heavy atom. The Bertz CT molecular complexity index is 1230. The summed E-state index contributed by atoms with van der Waals surface area (Å²) < 4.78 is 0. The Hall–Kier alpha value is -1.72. The molecular formula is C28H36Cl3N5O3S. The molecule has 0 aromatic heterocycles. The number of nitrogens with two attached hydrogens (primary N) is 1. The van der Waals surface area contributed by atoms with Crippen molar-refractivity contribution in [2.75, 3.05) is 44.6 Å². The second kappa shape index (κ2) is 12.7. The van der Waals surface area contributed by atoms with Crippen LogP contribution in [0.15, 0.2) is 36.4 Å². The van der Waals surface area contributed by atoms with E-state index in [2.05, 4.69) is 10.2 Å². The number of nitrogens with one attached hydrogen (secondary N) is 1. The lowest BCUT2D eigenvalue weighted by atomic mass is 9.92. The lowest BCUT2D eigenvalue weighted by Gasteiger charge is -2.48. The van der Waals surface area contributed by atoms with Crippen molar-refractivity contribution in [3.05, 3.63) is 62.6 Å². The first-order chi connectivity index (χ1) is 18.5. The fraction of sp³-hybridized carbons (Fsp3) is 0.500. The molecule has 3 aliphatic heterocycles. The van der Waals surface area contributed by atoms with E-state index in [1.807, 2.05) is 0 Å². The highest BCUT2D eigenvalue weighted by atomic mass is 35.5. The minimum atomic E-state index is -1.62. The molecule has 0 aliphatic carbocycles. The Balaban J connectivity index is 0.00000370. The minimum absolute atomic E-state index is 0. The third-order valence-electron chi connectivity index (χ3n) is 8.12. The van der Waals surface area contributed by atoms with Crippen LogP contribution in [0.3, 0.4) is 0 Å². The van der Waals surface area contributed by atoms with E-state index in [9.17, 15) is 14.7 Å². The van der Waals surface area contributed by atoms with E-state index in [-0.39, 0.29) is 37.4 Å². The summed E-state index contributed by atoms with van der Waals surface area (Å²) in [5, 5.41) is 15.6. The lowest BCUT2D eigenvalue weighted by molar-refractivity contribution is -0.152. The maximum absolute atomic E-state index is 13.1. The van der Waals surface area contributed by atoms with Crippen molar-refractivity contribution in [2.24, 2.45) is 5.73 Å². The molecule has 0 spiro atoms. The Labute approximate surface area is 257 Å². The molecule has 2 aromatic rings. The van der Waals surface area contributed by atoms with Crippen LogP contribution in [0.5, 0.6) is 0 Å². The Morgan fingerprint density at radius 3 is 2.17 bits per heavy atom. The number of nitrogens with zero attached hydrogens (tertiary/aromatic N) is 3. The lowest BCUT2D eigenvalue weighted by Crippen LogP contribution is -2.61. The molecule has 218 valence electrons. The van der Waals surface area contributed by atoms with Crippen LogP contribution in [-0.2, 0) is 10.4 Å². The van der Waals surface area contributed by atoms with Crippen molar-refractivity contribution in [2.45, 2.75) is 49.9 Å². The standard InChI is InChI=1S/C28H34Cl3N5O3.H2S/c1-28(39,17-3-2-4-18(29)11-17)27(38)34-9-6-22(7-10-34)36-15-21(16-36)33-20-12-23(30)25(24(31)13-20)26(37)35-8-5-19(32)14-35;/h2-4,11-13,19,21-22,33,39H,5-10,14-16,32H2,1H3;1H2/t19?,28-;/m0./s1. The number of carbonyl (C=O) groups is 2. The van der Waals surface area contributed by atoms with Crippen LogP contribution < -0.4 is 11.1 Å². The average molecular weight is 629 g/mol. The van der Waals surface area contributed by atoms with Gasteiger partial charge in [-0.2, -0.15) is 13.5 Å². The number of hydrogen-bond donors (Lipinski definition) is 3. The highest BCUT2D eigenvalue weighted by molar-refractivity contribution is 7.59. The van der Waals surface area contributed by atoms with Crippen LogP contribution in [0.1, 0.15) is 42.1 Å². The van der Waals surface area contributed by atoms with Crippen LogP contribution in [0.4, 0.5) is 5.69 Å². The number of amides is 2. The Morgan fingerprint density at radius 2 is 1.60 bits per heavy atom. The first kappa shape index (κ1) is 31.2. The molecule has 4 N–H and O–H groups in total. The van der Waals surface area contributed by atoms with Gasteiger partial charge in [-0.3, -0.25) is 14.5 Å². The van der Waals surface area contributed by atoms with Gasteiger partial charge in [-0.05, 0) is 56.0 Å². The molecule has 2 aromatic carbocycles. The molecule has 2 amide bonds. The first-order valence-corrected chi connectivity index (χ1v) is 14.5. The van der Waals surface area contributed by atoms with Crippen LogP contribution >= 0.6 is 48.3 Å². The highest BCUT2D eigenvalue weighted by Gasteiger charge is 2.40. The number of hydrogen-bond acceptors (Lipinski definition) is 6. The van der Waals surface area contributed by atoms with Gasteiger partial charge in [0.15, 0.2) is 5.60 Å². The van der Waals surface area contributed by atoms with Gasteiger partial charge in [-0.1, -0.05) is 46.9 Å². The number of anilines is 1. The zero-order valence-electron chi connectivity index (χ0n) is 22.4. The largest absolute Gasteiger partial charge is 0.380 e. The molecule has 8 nitrogen and oxygen atoms in total. The molecule has 3 saturated heterocycles. The van der Waals surface area contributed by atoms with Crippen molar-refractivity contribution >= 4 is 65.8 Å². The summed E-state index contributed by atoms with van der Waals surface area (Å²) in [4.78, 5) is 31.9. The number of piperidine rings is 1. The van der Waals surface area contributed by atoms with Crippen molar-refractivity contribution < 1.29 is 14.7 Å². The smallest absolute Gasteiger partial charge is 0.258 e. The SMILES string of the molecule is C[C@@](O)(C(=O)N1CCC(N2CC(Nc3cc(Cl)c(C(=O)N4CCC(N)C4)c(Cl)c3)C2)CC1)c1cccc(Cl)c1.S. The summed E-state index contributed by atoms with van der Waals surface area (Å²) in [6.45, 7) is 5.56. The molecule has 0 bridgehead atoms. The molecular weight excluding hydrogens is 593 g/mol. The van der Waals surface area contributed by atoms with Gasteiger partial charge >= 0.3 is 0 Å². The van der Waals surface area contributed by atoms with Gasteiger partial charge in [-0.25, -0.2) is 0 Å². The molecule has 0 radical (unpaired) electrons. The van der Waals surface area contributed by atoms with Crippen LogP contribution in [-0.4, -0.2) is 89.0 Å². The van der Waals surface area contributed by atoms with Gasteiger partial charge in [0.25, 0.3) is 11.8 Å². The predicted molar refractivity (Wildman–Crippen MR) is 165 cm³/mol. The fourth-order valence-corrected chi connectivity index (χ4v) is 6.62. The molecule has 40 heavy (non-hydrogen) atoms. The van der Waals surface area contributed by atoms with Crippen LogP contribution in [0.2, 0.25) is 15.1 Å². The average Bonchev–Trinajstić information content (AvgIpc) is 3.31. The molecule has 3 fully saturated rings.